The summed E-state index contributed by atoms with van der Waals surface area (Å²) in [7, 11) is 3.82. The van der Waals surface area contributed by atoms with Crippen molar-refractivity contribution in [3.8, 4) is 0 Å². The Labute approximate surface area is 118 Å². The maximum atomic E-state index is 4.63. The molecule has 1 saturated heterocycles. The summed E-state index contributed by atoms with van der Waals surface area (Å²) in [6.45, 7) is 1.96. The van der Waals surface area contributed by atoms with Gasteiger partial charge in [-0.1, -0.05) is 0 Å². The first-order chi connectivity index (χ1) is 9.76. The fourth-order valence-electron chi connectivity index (χ4n) is 2.77. The SMILES string of the molecule is CNc1cncc(C2CCCN2Cc2ccn(C)n2)n1. The van der Waals surface area contributed by atoms with E-state index in [1.54, 1.807) is 6.20 Å². The standard InChI is InChI=1S/C14H20N6/c1-15-14-9-16-8-12(17-14)13-4-3-6-20(13)10-11-5-7-19(2)18-11/h5,7-9,13H,3-4,6,10H2,1-2H3,(H,15,17). The summed E-state index contributed by atoms with van der Waals surface area (Å²) in [6, 6.07) is 2.42. The van der Waals surface area contributed by atoms with Gasteiger partial charge >= 0.3 is 0 Å². The van der Waals surface area contributed by atoms with Crippen molar-refractivity contribution in [2.75, 3.05) is 18.9 Å². The molecule has 1 N–H and O–H groups in total. The number of nitrogens with one attached hydrogen (secondary N) is 1. The molecule has 0 aromatic carbocycles. The van der Waals surface area contributed by atoms with Crippen LogP contribution in [0.2, 0.25) is 0 Å². The third kappa shape index (κ3) is 2.65. The maximum absolute atomic E-state index is 4.63. The Bertz CT molecular complexity index is 579. The average molecular weight is 272 g/mol. The molecule has 2 aromatic heterocycles. The first-order valence-corrected chi connectivity index (χ1v) is 6.98. The van der Waals surface area contributed by atoms with Crippen molar-refractivity contribution in [2.45, 2.75) is 25.4 Å². The number of aromatic nitrogens is 4. The molecule has 0 aliphatic carbocycles. The molecule has 1 fully saturated rings. The normalized spacial score (nSPS) is 19.4. The molecule has 1 aliphatic heterocycles. The Morgan fingerprint density at radius 3 is 3.05 bits per heavy atom. The van der Waals surface area contributed by atoms with Crippen molar-refractivity contribution in [3.05, 3.63) is 36.0 Å². The lowest BCUT2D eigenvalue weighted by Gasteiger charge is -2.23. The molecule has 0 saturated carbocycles. The van der Waals surface area contributed by atoms with Crippen molar-refractivity contribution < 1.29 is 0 Å². The summed E-state index contributed by atoms with van der Waals surface area (Å²) in [5, 5.41) is 7.51. The topological polar surface area (TPSA) is 58.9 Å². The highest BCUT2D eigenvalue weighted by atomic mass is 15.3. The van der Waals surface area contributed by atoms with Crippen molar-refractivity contribution in [1.82, 2.24) is 24.6 Å². The van der Waals surface area contributed by atoms with Gasteiger partial charge in [0.15, 0.2) is 0 Å². The molecule has 0 amide bonds. The molecule has 0 bridgehead atoms. The van der Waals surface area contributed by atoms with Crippen molar-refractivity contribution in [2.24, 2.45) is 7.05 Å². The van der Waals surface area contributed by atoms with E-state index in [-0.39, 0.29) is 0 Å². The maximum Gasteiger partial charge on any atom is 0.144 e. The summed E-state index contributed by atoms with van der Waals surface area (Å²) in [5.41, 5.74) is 2.16. The number of aryl methyl sites for hydroxylation is 1. The molecular formula is C14H20N6. The second-order valence-corrected chi connectivity index (χ2v) is 5.19. The molecule has 20 heavy (non-hydrogen) atoms. The van der Waals surface area contributed by atoms with Crippen LogP contribution in [-0.4, -0.2) is 38.2 Å². The van der Waals surface area contributed by atoms with E-state index in [0.717, 1.165) is 36.7 Å². The lowest BCUT2D eigenvalue weighted by molar-refractivity contribution is 0.240. The van der Waals surface area contributed by atoms with Gasteiger partial charge in [0.25, 0.3) is 0 Å². The predicted molar refractivity (Wildman–Crippen MR) is 77.2 cm³/mol. The Morgan fingerprint density at radius 1 is 1.40 bits per heavy atom. The second kappa shape index (κ2) is 5.58. The molecule has 1 aliphatic rings. The summed E-state index contributed by atoms with van der Waals surface area (Å²) in [6.07, 6.45) is 7.95. The smallest absolute Gasteiger partial charge is 0.144 e. The highest BCUT2D eigenvalue weighted by Gasteiger charge is 2.28. The molecule has 0 radical (unpaired) electrons. The van der Waals surface area contributed by atoms with E-state index in [9.17, 15) is 0 Å². The minimum absolute atomic E-state index is 0.345. The van der Waals surface area contributed by atoms with E-state index in [0.29, 0.717) is 6.04 Å². The van der Waals surface area contributed by atoms with Gasteiger partial charge in [-0.3, -0.25) is 14.6 Å². The number of rotatable bonds is 4. The van der Waals surface area contributed by atoms with Crippen molar-refractivity contribution >= 4 is 5.82 Å². The molecule has 0 spiro atoms. The number of hydrogen-bond donors (Lipinski definition) is 1. The molecule has 3 heterocycles. The Hall–Kier alpha value is -1.95. The van der Waals surface area contributed by atoms with Gasteiger partial charge in [0.2, 0.25) is 0 Å². The Kier molecular flexibility index (Phi) is 3.64. The molecule has 6 heteroatoms. The fraction of sp³-hybridized carbons (Fsp3) is 0.500. The van der Waals surface area contributed by atoms with Gasteiger partial charge in [0.1, 0.15) is 5.82 Å². The molecule has 6 nitrogen and oxygen atoms in total. The molecule has 106 valence electrons. The van der Waals surface area contributed by atoms with Crippen LogP contribution in [0.5, 0.6) is 0 Å². The van der Waals surface area contributed by atoms with Crippen LogP contribution in [0.1, 0.15) is 30.3 Å². The zero-order valence-electron chi connectivity index (χ0n) is 12.0. The van der Waals surface area contributed by atoms with Gasteiger partial charge in [-0.15, -0.1) is 0 Å². The molecule has 1 atom stereocenters. The van der Waals surface area contributed by atoms with Crippen LogP contribution in [0, 0.1) is 0 Å². The van der Waals surface area contributed by atoms with Gasteiger partial charge in [0.05, 0.1) is 29.8 Å². The van der Waals surface area contributed by atoms with Gasteiger partial charge < -0.3 is 5.32 Å². The van der Waals surface area contributed by atoms with Crippen LogP contribution in [0.4, 0.5) is 5.82 Å². The van der Waals surface area contributed by atoms with E-state index in [1.165, 1.54) is 6.42 Å². The molecule has 3 rings (SSSR count). The van der Waals surface area contributed by atoms with E-state index in [4.69, 9.17) is 0 Å². The van der Waals surface area contributed by atoms with Gasteiger partial charge in [-0.25, -0.2) is 4.98 Å². The second-order valence-electron chi connectivity index (χ2n) is 5.19. The molecule has 2 aromatic rings. The first kappa shape index (κ1) is 13.1. The van der Waals surface area contributed by atoms with Crippen LogP contribution in [-0.2, 0) is 13.6 Å². The van der Waals surface area contributed by atoms with E-state index < -0.39 is 0 Å². The number of nitrogens with zero attached hydrogens (tertiary/aromatic N) is 5. The summed E-state index contributed by atoms with van der Waals surface area (Å²) < 4.78 is 1.85. The largest absolute Gasteiger partial charge is 0.372 e. The molecule has 1 unspecified atom stereocenters. The minimum atomic E-state index is 0.345. The van der Waals surface area contributed by atoms with Gasteiger partial charge in [-0.2, -0.15) is 5.10 Å². The summed E-state index contributed by atoms with van der Waals surface area (Å²) in [4.78, 5) is 11.3. The summed E-state index contributed by atoms with van der Waals surface area (Å²) in [5.74, 6) is 0.826. The third-order valence-corrected chi connectivity index (χ3v) is 3.75. The Morgan fingerprint density at radius 2 is 2.30 bits per heavy atom. The van der Waals surface area contributed by atoms with Crippen molar-refractivity contribution in [1.29, 1.82) is 0 Å². The number of hydrogen-bond acceptors (Lipinski definition) is 5. The Balaban J connectivity index is 1.77. The highest BCUT2D eigenvalue weighted by Crippen LogP contribution is 2.31. The lowest BCUT2D eigenvalue weighted by Crippen LogP contribution is -2.24. The lowest BCUT2D eigenvalue weighted by atomic mass is 10.1. The number of likely N-dealkylation sites (tertiary alicyclic amines) is 1. The summed E-state index contributed by atoms with van der Waals surface area (Å²) >= 11 is 0. The fourth-order valence-corrected chi connectivity index (χ4v) is 2.77. The van der Waals surface area contributed by atoms with Crippen LogP contribution in [0.15, 0.2) is 24.7 Å². The monoisotopic (exact) mass is 272 g/mol. The molecular weight excluding hydrogens is 252 g/mol. The van der Waals surface area contributed by atoms with Crippen LogP contribution in [0.25, 0.3) is 0 Å². The zero-order valence-corrected chi connectivity index (χ0v) is 12.0. The first-order valence-electron chi connectivity index (χ1n) is 6.98. The van der Waals surface area contributed by atoms with E-state index in [1.807, 2.05) is 31.2 Å². The quantitative estimate of drug-likeness (QED) is 0.916. The van der Waals surface area contributed by atoms with E-state index >= 15 is 0 Å². The van der Waals surface area contributed by atoms with Crippen LogP contribution >= 0.6 is 0 Å². The zero-order chi connectivity index (χ0) is 13.9. The van der Waals surface area contributed by atoms with Gasteiger partial charge in [-0.05, 0) is 25.5 Å². The van der Waals surface area contributed by atoms with E-state index in [2.05, 4.69) is 31.3 Å². The van der Waals surface area contributed by atoms with Crippen molar-refractivity contribution in [3.63, 3.8) is 0 Å². The van der Waals surface area contributed by atoms with Crippen LogP contribution < -0.4 is 5.32 Å². The van der Waals surface area contributed by atoms with Gasteiger partial charge in [0, 0.05) is 26.8 Å². The predicted octanol–water partition coefficient (Wildman–Crippen LogP) is 1.59. The highest BCUT2D eigenvalue weighted by molar-refractivity contribution is 5.31. The minimum Gasteiger partial charge on any atom is -0.372 e. The average Bonchev–Trinajstić information content (AvgIpc) is 3.08. The van der Waals surface area contributed by atoms with Crippen LogP contribution in [0.3, 0.4) is 0 Å². The number of anilines is 1. The third-order valence-electron chi connectivity index (χ3n) is 3.75.